The Balaban J connectivity index is 1.38. The van der Waals surface area contributed by atoms with Crippen LogP contribution >= 0.6 is 0 Å². The summed E-state index contributed by atoms with van der Waals surface area (Å²) < 4.78 is 11.5. The molecule has 0 radical (unpaired) electrons. The molecule has 19 heavy (non-hydrogen) atoms. The van der Waals surface area contributed by atoms with E-state index in [1.54, 1.807) is 0 Å². The normalized spacial score (nSPS) is 22.9. The van der Waals surface area contributed by atoms with Gasteiger partial charge in [0.15, 0.2) is 5.79 Å². The van der Waals surface area contributed by atoms with Gasteiger partial charge in [0.1, 0.15) is 0 Å². The van der Waals surface area contributed by atoms with Crippen molar-refractivity contribution in [3.8, 4) is 0 Å². The standard InChI is InChI=1S/C16H23NO2/c1-2-4-14(5-3-1)8-11-17-15-6-9-16(10-7-15)18-12-13-19-16/h1-5,15,17H,6-13H2. The Morgan fingerprint density at radius 3 is 2.42 bits per heavy atom. The second kappa shape index (κ2) is 6.04. The number of benzene rings is 1. The van der Waals surface area contributed by atoms with Crippen LogP contribution in [0.1, 0.15) is 31.2 Å². The highest BCUT2D eigenvalue weighted by Crippen LogP contribution is 2.35. The van der Waals surface area contributed by atoms with Gasteiger partial charge in [-0.2, -0.15) is 0 Å². The van der Waals surface area contributed by atoms with Gasteiger partial charge in [-0.25, -0.2) is 0 Å². The van der Waals surface area contributed by atoms with E-state index in [1.807, 2.05) is 0 Å². The third kappa shape index (κ3) is 3.35. The molecule has 2 aliphatic rings. The van der Waals surface area contributed by atoms with E-state index in [4.69, 9.17) is 9.47 Å². The van der Waals surface area contributed by atoms with Crippen molar-refractivity contribution in [1.82, 2.24) is 5.32 Å². The zero-order chi connectivity index (χ0) is 13.0. The van der Waals surface area contributed by atoms with Crippen LogP contribution in [-0.2, 0) is 15.9 Å². The third-order valence-corrected chi connectivity index (χ3v) is 4.25. The number of rotatable bonds is 4. The third-order valence-electron chi connectivity index (χ3n) is 4.25. The van der Waals surface area contributed by atoms with Crippen molar-refractivity contribution in [3.63, 3.8) is 0 Å². The molecular weight excluding hydrogens is 238 g/mol. The van der Waals surface area contributed by atoms with E-state index in [0.717, 1.165) is 51.9 Å². The topological polar surface area (TPSA) is 30.5 Å². The van der Waals surface area contributed by atoms with E-state index in [2.05, 4.69) is 35.6 Å². The van der Waals surface area contributed by atoms with Crippen LogP contribution in [0.25, 0.3) is 0 Å². The van der Waals surface area contributed by atoms with E-state index in [1.165, 1.54) is 5.56 Å². The zero-order valence-electron chi connectivity index (χ0n) is 11.4. The maximum atomic E-state index is 5.75. The van der Waals surface area contributed by atoms with Crippen molar-refractivity contribution in [3.05, 3.63) is 35.9 Å². The molecule has 0 amide bonds. The van der Waals surface area contributed by atoms with Crippen LogP contribution in [0.4, 0.5) is 0 Å². The van der Waals surface area contributed by atoms with Crippen molar-refractivity contribution < 1.29 is 9.47 Å². The van der Waals surface area contributed by atoms with E-state index < -0.39 is 0 Å². The average molecular weight is 261 g/mol. The molecule has 0 aromatic heterocycles. The molecule has 1 aliphatic carbocycles. The summed E-state index contributed by atoms with van der Waals surface area (Å²) in [6.45, 7) is 2.60. The summed E-state index contributed by atoms with van der Waals surface area (Å²) in [5.41, 5.74) is 1.41. The van der Waals surface area contributed by atoms with Crippen LogP contribution in [-0.4, -0.2) is 31.6 Å². The fraction of sp³-hybridized carbons (Fsp3) is 0.625. The van der Waals surface area contributed by atoms with Crippen molar-refractivity contribution in [1.29, 1.82) is 0 Å². The molecule has 1 aromatic rings. The predicted octanol–water partition coefficient (Wildman–Crippen LogP) is 2.50. The molecule has 0 unspecified atom stereocenters. The summed E-state index contributed by atoms with van der Waals surface area (Å²) in [6.07, 6.45) is 5.51. The Morgan fingerprint density at radius 1 is 1.05 bits per heavy atom. The van der Waals surface area contributed by atoms with Crippen LogP contribution in [0.2, 0.25) is 0 Å². The summed E-state index contributed by atoms with van der Waals surface area (Å²) in [6, 6.07) is 11.3. The zero-order valence-corrected chi connectivity index (χ0v) is 11.4. The Labute approximate surface area is 115 Å². The summed E-state index contributed by atoms with van der Waals surface area (Å²) in [5, 5.41) is 3.67. The molecule has 104 valence electrons. The highest BCUT2D eigenvalue weighted by atomic mass is 16.7. The first-order valence-electron chi connectivity index (χ1n) is 7.42. The van der Waals surface area contributed by atoms with E-state index in [-0.39, 0.29) is 5.79 Å². The minimum Gasteiger partial charge on any atom is -0.348 e. The molecule has 0 atom stereocenters. The van der Waals surface area contributed by atoms with Crippen LogP contribution in [0.3, 0.4) is 0 Å². The van der Waals surface area contributed by atoms with E-state index >= 15 is 0 Å². The summed E-state index contributed by atoms with van der Waals surface area (Å²) in [7, 11) is 0. The molecule has 1 saturated heterocycles. The number of hydrogen-bond donors (Lipinski definition) is 1. The smallest absolute Gasteiger partial charge is 0.168 e. The Hall–Kier alpha value is -0.900. The second-order valence-corrected chi connectivity index (χ2v) is 5.57. The van der Waals surface area contributed by atoms with Crippen molar-refractivity contribution in [2.24, 2.45) is 0 Å². The molecule has 3 nitrogen and oxygen atoms in total. The Bertz CT molecular complexity index is 377. The summed E-state index contributed by atoms with van der Waals surface area (Å²) >= 11 is 0. The maximum absolute atomic E-state index is 5.75. The van der Waals surface area contributed by atoms with Crippen LogP contribution in [0.15, 0.2) is 30.3 Å². The van der Waals surface area contributed by atoms with Gasteiger partial charge < -0.3 is 14.8 Å². The molecule has 3 rings (SSSR count). The molecule has 2 fully saturated rings. The van der Waals surface area contributed by atoms with Crippen molar-refractivity contribution in [2.45, 2.75) is 43.9 Å². The molecule has 1 aliphatic heterocycles. The Kier molecular flexibility index (Phi) is 4.16. The van der Waals surface area contributed by atoms with E-state index in [9.17, 15) is 0 Å². The molecule has 0 bridgehead atoms. The monoisotopic (exact) mass is 261 g/mol. The van der Waals surface area contributed by atoms with Gasteiger partial charge in [-0.05, 0) is 31.4 Å². The van der Waals surface area contributed by atoms with Crippen LogP contribution in [0.5, 0.6) is 0 Å². The van der Waals surface area contributed by atoms with Gasteiger partial charge in [-0.1, -0.05) is 30.3 Å². The lowest BCUT2D eigenvalue weighted by Gasteiger charge is -2.35. The lowest BCUT2D eigenvalue weighted by atomic mass is 9.90. The minimum atomic E-state index is -0.225. The molecule has 1 saturated carbocycles. The molecule has 3 heteroatoms. The fourth-order valence-corrected chi connectivity index (χ4v) is 3.11. The largest absolute Gasteiger partial charge is 0.348 e. The predicted molar refractivity (Wildman–Crippen MR) is 75.0 cm³/mol. The molecule has 1 aromatic carbocycles. The van der Waals surface area contributed by atoms with Gasteiger partial charge in [0.05, 0.1) is 13.2 Å². The number of ether oxygens (including phenoxy) is 2. The number of nitrogens with one attached hydrogen (secondary N) is 1. The molecule has 1 spiro atoms. The van der Waals surface area contributed by atoms with Gasteiger partial charge in [0, 0.05) is 18.9 Å². The van der Waals surface area contributed by atoms with Gasteiger partial charge in [0.25, 0.3) is 0 Å². The van der Waals surface area contributed by atoms with Gasteiger partial charge in [-0.15, -0.1) is 0 Å². The Morgan fingerprint density at radius 2 is 1.74 bits per heavy atom. The summed E-state index contributed by atoms with van der Waals surface area (Å²) in [5.74, 6) is -0.225. The summed E-state index contributed by atoms with van der Waals surface area (Å²) in [4.78, 5) is 0. The molecule has 1 heterocycles. The van der Waals surface area contributed by atoms with Gasteiger partial charge in [0.2, 0.25) is 0 Å². The minimum absolute atomic E-state index is 0.225. The van der Waals surface area contributed by atoms with E-state index in [0.29, 0.717) is 6.04 Å². The quantitative estimate of drug-likeness (QED) is 0.903. The number of hydrogen-bond acceptors (Lipinski definition) is 3. The molecular formula is C16H23NO2. The maximum Gasteiger partial charge on any atom is 0.168 e. The highest BCUT2D eigenvalue weighted by molar-refractivity contribution is 5.14. The molecule has 1 N–H and O–H groups in total. The van der Waals surface area contributed by atoms with Crippen LogP contribution in [0, 0.1) is 0 Å². The van der Waals surface area contributed by atoms with Crippen LogP contribution < -0.4 is 5.32 Å². The first kappa shape index (κ1) is 13.1. The second-order valence-electron chi connectivity index (χ2n) is 5.57. The van der Waals surface area contributed by atoms with Gasteiger partial charge in [-0.3, -0.25) is 0 Å². The first-order chi connectivity index (χ1) is 9.36. The first-order valence-corrected chi connectivity index (χ1v) is 7.42. The average Bonchev–Trinajstić information content (AvgIpc) is 2.91. The van der Waals surface area contributed by atoms with Crippen molar-refractivity contribution >= 4 is 0 Å². The SMILES string of the molecule is c1ccc(CCNC2CCC3(CC2)OCCO3)cc1. The highest BCUT2D eigenvalue weighted by Gasteiger charge is 2.39. The fourth-order valence-electron chi connectivity index (χ4n) is 3.11. The lowest BCUT2D eigenvalue weighted by molar-refractivity contribution is -0.179. The van der Waals surface area contributed by atoms with Crippen molar-refractivity contribution in [2.75, 3.05) is 19.8 Å². The van der Waals surface area contributed by atoms with Gasteiger partial charge >= 0.3 is 0 Å². The lowest BCUT2D eigenvalue weighted by Crippen LogP contribution is -2.42.